The topological polar surface area (TPSA) is 114 Å². The summed E-state index contributed by atoms with van der Waals surface area (Å²) in [6, 6.07) is 12.6. The van der Waals surface area contributed by atoms with Gasteiger partial charge in [-0.05, 0) is 56.7 Å². The molecule has 0 spiro atoms. The van der Waals surface area contributed by atoms with Crippen LogP contribution in [-0.4, -0.2) is 54.6 Å². The van der Waals surface area contributed by atoms with Gasteiger partial charge in [-0.1, -0.05) is 12.6 Å². The Morgan fingerprint density at radius 1 is 1.10 bits per heavy atom. The van der Waals surface area contributed by atoms with Crippen LogP contribution in [0, 0.1) is 12.7 Å². The van der Waals surface area contributed by atoms with E-state index in [0.717, 1.165) is 10.8 Å². The number of aromatic nitrogens is 3. The quantitative estimate of drug-likeness (QED) is 0.340. The number of sulfone groups is 1. The van der Waals surface area contributed by atoms with E-state index in [4.69, 9.17) is 14.7 Å². The van der Waals surface area contributed by atoms with E-state index in [1.165, 1.54) is 18.2 Å². The van der Waals surface area contributed by atoms with Crippen LogP contribution in [0.15, 0.2) is 71.6 Å². The summed E-state index contributed by atoms with van der Waals surface area (Å²) in [7, 11) is -3.69. The maximum atomic E-state index is 14.7. The summed E-state index contributed by atoms with van der Waals surface area (Å²) in [4.78, 5) is 28.7. The summed E-state index contributed by atoms with van der Waals surface area (Å²) < 4.78 is 45.0. The Morgan fingerprint density at radius 2 is 1.85 bits per heavy atom. The van der Waals surface area contributed by atoms with Gasteiger partial charge in [0.15, 0.2) is 9.84 Å². The summed E-state index contributed by atoms with van der Waals surface area (Å²) in [6.07, 6.45) is 1.66. The Kier molecular flexibility index (Phi) is 7.83. The summed E-state index contributed by atoms with van der Waals surface area (Å²) in [6.45, 7) is 10.3. The van der Waals surface area contributed by atoms with Crippen molar-refractivity contribution in [1.29, 1.82) is 0 Å². The molecule has 9 nitrogen and oxygen atoms in total. The number of hydrogen-bond acceptors (Lipinski definition) is 8. The molecular weight excluding hydrogens is 545 g/mol. The fraction of sp³-hybridized carbons (Fsp3) is 0.267. The van der Waals surface area contributed by atoms with Crippen LogP contribution in [0.5, 0.6) is 0 Å². The van der Waals surface area contributed by atoms with E-state index >= 15 is 0 Å². The molecule has 1 fully saturated rings. The van der Waals surface area contributed by atoms with Gasteiger partial charge >= 0.3 is 0 Å². The van der Waals surface area contributed by atoms with Crippen molar-refractivity contribution >= 4 is 32.5 Å². The second kappa shape index (κ2) is 11.3. The van der Waals surface area contributed by atoms with Crippen LogP contribution in [-0.2, 0) is 21.1 Å². The number of nitrogens with zero attached hydrogens (tertiary/aromatic N) is 4. The fourth-order valence-electron chi connectivity index (χ4n) is 4.85. The molecule has 5 rings (SSSR count). The maximum absolute atomic E-state index is 14.7. The van der Waals surface area contributed by atoms with E-state index in [1.54, 1.807) is 37.4 Å². The zero-order valence-electron chi connectivity index (χ0n) is 23.0. The van der Waals surface area contributed by atoms with Crippen LogP contribution >= 0.6 is 0 Å². The number of halogens is 1. The van der Waals surface area contributed by atoms with Crippen molar-refractivity contribution in [1.82, 2.24) is 20.3 Å². The Hall–Kier alpha value is -4.22. The number of hydrogen-bond donors (Lipinski definition) is 1. The van der Waals surface area contributed by atoms with Gasteiger partial charge in [-0.2, -0.15) is 0 Å². The highest BCUT2D eigenvalue weighted by molar-refractivity contribution is 7.94. The monoisotopic (exact) mass is 575 g/mol. The summed E-state index contributed by atoms with van der Waals surface area (Å²) in [5.41, 5.74) is 2.79. The van der Waals surface area contributed by atoms with Crippen molar-refractivity contribution in [2.45, 2.75) is 44.4 Å². The highest BCUT2D eigenvalue weighted by Crippen LogP contribution is 2.26. The Morgan fingerprint density at radius 3 is 2.59 bits per heavy atom. The van der Waals surface area contributed by atoms with E-state index in [-0.39, 0.29) is 29.2 Å². The van der Waals surface area contributed by atoms with Gasteiger partial charge in [0, 0.05) is 47.8 Å². The van der Waals surface area contributed by atoms with Gasteiger partial charge < -0.3 is 15.0 Å². The number of rotatable bonds is 7. The second-order valence-electron chi connectivity index (χ2n) is 10.1. The van der Waals surface area contributed by atoms with Crippen LogP contribution in [0.2, 0.25) is 0 Å². The minimum absolute atomic E-state index is 0.00529. The Balaban J connectivity index is 1.36. The first-order valence-electron chi connectivity index (χ1n) is 13.1. The molecule has 11 heteroatoms. The molecule has 3 aromatic heterocycles. The van der Waals surface area contributed by atoms with Gasteiger partial charge in [-0.25, -0.2) is 22.8 Å². The number of morpholine rings is 1. The molecule has 1 saturated heterocycles. The number of aryl methyl sites for hydroxylation is 1. The molecule has 0 bridgehead atoms. The predicted molar refractivity (Wildman–Crippen MR) is 155 cm³/mol. The largest absolute Gasteiger partial charge is 0.372 e. The fourth-order valence-corrected chi connectivity index (χ4v) is 5.84. The molecule has 2 atom stereocenters. The average molecular weight is 576 g/mol. The third-order valence-corrected chi connectivity index (χ3v) is 8.31. The number of carbonyl (C=O) groups is 1. The van der Waals surface area contributed by atoms with Crippen LogP contribution in [0.4, 0.5) is 10.2 Å². The molecule has 0 saturated carbocycles. The standard InChI is InChI=1S/C30H30FN5O4S/c1-5-41(38,39)28-10-21(7-6-18(28)2)30(37)33-15-24-13-26-22(14-32-24)8-9-25(34-26)27-11-23(31)12-29(35-27)36-16-19(3)40-20(4)17-36/h5-14,19-20H,1,15-17H2,2-4H3,(H,33,37)/t19-,20+. The molecule has 0 radical (unpaired) electrons. The molecule has 1 aliphatic rings. The average Bonchev–Trinajstić information content (AvgIpc) is 2.94. The molecular formula is C30H30FN5O4S. The number of benzene rings is 1. The van der Waals surface area contributed by atoms with Crippen molar-refractivity contribution < 1.29 is 22.3 Å². The third-order valence-electron chi connectivity index (χ3n) is 6.82. The lowest BCUT2D eigenvalue weighted by Gasteiger charge is -2.36. The molecule has 1 N–H and O–H groups in total. The maximum Gasteiger partial charge on any atom is 0.251 e. The highest BCUT2D eigenvalue weighted by Gasteiger charge is 2.24. The van der Waals surface area contributed by atoms with Crippen molar-refractivity contribution in [2.75, 3.05) is 18.0 Å². The van der Waals surface area contributed by atoms with E-state index in [0.29, 0.717) is 47.1 Å². The van der Waals surface area contributed by atoms with Crippen molar-refractivity contribution in [2.24, 2.45) is 0 Å². The van der Waals surface area contributed by atoms with Gasteiger partial charge in [0.1, 0.15) is 11.6 Å². The summed E-state index contributed by atoms with van der Waals surface area (Å²) in [5.74, 6) is -0.323. The van der Waals surface area contributed by atoms with Crippen molar-refractivity contribution in [3.63, 3.8) is 0 Å². The normalized spacial score (nSPS) is 17.4. The summed E-state index contributed by atoms with van der Waals surface area (Å²) >= 11 is 0. The van der Waals surface area contributed by atoms with Gasteiger partial charge in [0.2, 0.25) is 0 Å². The van der Waals surface area contributed by atoms with Crippen LogP contribution < -0.4 is 10.2 Å². The van der Waals surface area contributed by atoms with Crippen molar-refractivity contribution in [3.05, 3.63) is 89.4 Å². The molecule has 4 heterocycles. The van der Waals surface area contributed by atoms with E-state index < -0.39 is 21.6 Å². The zero-order chi connectivity index (χ0) is 29.3. The van der Waals surface area contributed by atoms with Crippen LogP contribution in [0.3, 0.4) is 0 Å². The SMILES string of the molecule is C=CS(=O)(=O)c1cc(C(=O)NCc2cc3nc(-c4cc(F)cc(N5C[C@@H](C)O[C@@H](C)C5)n4)ccc3cn2)ccc1C. The number of ether oxygens (including phenoxy) is 1. The molecule has 1 aliphatic heterocycles. The minimum atomic E-state index is -3.69. The van der Waals surface area contributed by atoms with Gasteiger partial charge in [-0.3, -0.25) is 9.78 Å². The van der Waals surface area contributed by atoms with Gasteiger partial charge in [-0.15, -0.1) is 0 Å². The van der Waals surface area contributed by atoms with E-state index in [9.17, 15) is 17.6 Å². The lowest BCUT2D eigenvalue weighted by molar-refractivity contribution is -0.00547. The molecule has 1 aromatic carbocycles. The van der Waals surface area contributed by atoms with Gasteiger partial charge in [0.25, 0.3) is 5.91 Å². The zero-order valence-corrected chi connectivity index (χ0v) is 23.8. The van der Waals surface area contributed by atoms with E-state index in [1.807, 2.05) is 24.8 Å². The first-order valence-corrected chi connectivity index (χ1v) is 14.7. The first-order chi connectivity index (χ1) is 19.5. The molecule has 212 valence electrons. The molecule has 0 aliphatic carbocycles. The summed E-state index contributed by atoms with van der Waals surface area (Å²) in [5, 5.41) is 4.41. The predicted octanol–water partition coefficient (Wildman–Crippen LogP) is 4.60. The third kappa shape index (κ3) is 6.26. The van der Waals surface area contributed by atoms with Gasteiger partial charge in [0.05, 0.1) is 46.2 Å². The molecule has 41 heavy (non-hydrogen) atoms. The number of fused-ring (bicyclic) bond motifs is 1. The number of pyridine rings is 3. The molecule has 4 aromatic rings. The number of nitrogens with one attached hydrogen (secondary N) is 1. The number of amides is 1. The number of anilines is 1. The Labute approximate surface area is 238 Å². The Bertz CT molecular complexity index is 1750. The lowest BCUT2D eigenvalue weighted by Crippen LogP contribution is -2.45. The smallest absolute Gasteiger partial charge is 0.251 e. The molecule has 0 unspecified atom stereocenters. The lowest BCUT2D eigenvalue weighted by atomic mass is 10.1. The first kappa shape index (κ1) is 28.3. The second-order valence-corrected chi connectivity index (χ2v) is 12.0. The van der Waals surface area contributed by atoms with E-state index in [2.05, 4.69) is 16.9 Å². The molecule has 1 amide bonds. The van der Waals surface area contributed by atoms with Crippen LogP contribution in [0.25, 0.3) is 22.3 Å². The van der Waals surface area contributed by atoms with Crippen LogP contribution in [0.1, 0.15) is 35.5 Å². The van der Waals surface area contributed by atoms with Crippen molar-refractivity contribution in [3.8, 4) is 11.4 Å². The number of carbonyl (C=O) groups excluding carboxylic acids is 1. The minimum Gasteiger partial charge on any atom is -0.372 e. The highest BCUT2D eigenvalue weighted by atomic mass is 32.2.